The number of cyclic esters (lactones) is 2. The van der Waals surface area contributed by atoms with Crippen LogP contribution < -0.4 is 0 Å². The number of H-pyrrole nitrogens is 1. The van der Waals surface area contributed by atoms with Gasteiger partial charge in [-0.05, 0) is 6.07 Å². The number of fused-ring (bicyclic) bond motifs is 1. The van der Waals surface area contributed by atoms with Crippen LogP contribution in [0, 0.1) is 0 Å². The predicted octanol–water partition coefficient (Wildman–Crippen LogP) is 0.425. The maximum atomic E-state index is 11.4. The molecule has 0 saturated carbocycles. The predicted molar refractivity (Wildman–Crippen MR) is 53.0 cm³/mol. The van der Waals surface area contributed by atoms with Crippen LogP contribution in [0.5, 0.6) is 0 Å². The van der Waals surface area contributed by atoms with Crippen LogP contribution in [0.4, 0.5) is 0 Å². The fraction of sp³-hybridized carbons (Fsp3) is 0. The highest BCUT2D eigenvalue weighted by atomic mass is 16.6. The zero-order chi connectivity index (χ0) is 11.1. The second kappa shape index (κ2) is 2.99. The van der Waals surface area contributed by atoms with E-state index in [0.29, 0.717) is 16.6 Å². The van der Waals surface area contributed by atoms with E-state index in [4.69, 9.17) is 0 Å². The van der Waals surface area contributed by atoms with Crippen LogP contribution in [-0.4, -0.2) is 27.3 Å². The Kier molecular flexibility index (Phi) is 1.64. The molecule has 0 bridgehead atoms. The monoisotopic (exact) mass is 215 g/mol. The number of benzene rings is 1. The van der Waals surface area contributed by atoms with Crippen LogP contribution in [0.1, 0.15) is 5.56 Å². The minimum atomic E-state index is -0.652. The average Bonchev–Trinajstić information content (AvgIpc) is 2.84. The number of rotatable bonds is 1. The van der Waals surface area contributed by atoms with Gasteiger partial charge in [-0.25, -0.2) is 9.59 Å². The van der Waals surface area contributed by atoms with Gasteiger partial charge in [-0.15, -0.1) is 5.10 Å². The number of ether oxygens (including phenoxy) is 1. The smallest absolute Gasteiger partial charge is 0.346 e. The quantitative estimate of drug-likeness (QED) is 0.550. The molecule has 2 aromatic rings. The SMILES string of the molecule is O=C1C=C(c2cccc3[nH]nnc23)C(=O)O1. The van der Waals surface area contributed by atoms with E-state index in [0.717, 1.165) is 6.08 Å². The lowest BCUT2D eigenvalue weighted by Crippen LogP contribution is -2.01. The lowest BCUT2D eigenvalue weighted by molar-refractivity contribution is -0.149. The lowest BCUT2D eigenvalue weighted by Gasteiger charge is -1.98. The van der Waals surface area contributed by atoms with Crippen molar-refractivity contribution in [2.24, 2.45) is 0 Å². The fourth-order valence-corrected chi connectivity index (χ4v) is 1.63. The van der Waals surface area contributed by atoms with Crippen LogP contribution >= 0.6 is 0 Å². The third-order valence-corrected chi connectivity index (χ3v) is 2.32. The molecule has 1 aliphatic rings. The summed E-state index contributed by atoms with van der Waals surface area (Å²) in [5.41, 5.74) is 2.00. The van der Waals surface area contributed by atoms with E-state index in [9.17, 15) is 9.59 Å². The minimum Gasteiger partial charge on any atom is -0.386 e. The number of aromatic nitrogens is 3. The maximum absolute atomic E-state index is 11.4. The Morgan fingerprint density at radius 1 is 1.25 bits per heavy atom. The molecule has 1 aromatic carbocycles. The molecule has 1 N–H and O–H groups in total. The molecule has 1 aromatic heterocycles. The van der Waals surface area contributed by atoms with Crippen molar-refractivity contribution in [3.05, 3.63) is 29.8 Å². The number of aromatic amines is 1. The summed E-state index contributed by atoms with van der Waals surface area (Å²) in [6.45, 7) is 0. The summed E-state index contributed by atoms with van der Waals surface area (Å²) in [7, 11) is 0. The van der Waals surface area contributed by atoms with Crippen molar-refractivity contribution < 1.29 is 14.3 Å². The highest BCUT2D eigenvalue weighted by Gasteiger charge is 2.26. The van der Waals surface area contributed by atoms with Gasteiger partial charge < -0.3 is 4.74 Å². The summed E-state index contributed by atoms with van der Waals surface area (Å²) in [4.78, 5) is 22.3. The summed E-state index contributed by atoms with van der Waals surface area (Å²) in [5.74, 6) is -1.30. The molecule has 0 amide bonds. The number of nitrogens with zero attached hydrogens (tertiary/aromatic N) is 2. The molecule has 6 heteroatoms. The number of carbonyl (C=O) groups excluding carboxylic acids is 2. The van der Waals surface area contributed by atoms with E-state index in [1.807, 2.05) is 0 Å². The van der Waals surface area contributed by atoms with Crippen molar-refractivity contribution in [3.8, 4) is 0 Å². The lowest BCUT2D eigenvalue weighted by atomic mass is 10.1. The van der Waals surface area contributed by atoms with Gasteiger partial charge in [-0.3, -0.25) is 5.10 Å². The van der Waals surface area contributed by atoms with Gasteiger partial charge >= 0.3 is 11.9 Å². The standard InChI is InChI=1S/C10H5N3O3/c14-8-4-6(10(15)16-8)5-2-1-3-7-9(5)12-13-11-7/h1-4H,(H,11,12,13). The summed E-state index contributed by atoms with van der Waals surface area (Å²) in [6, 6.07) is 5.21. The van der Waals surface area contributed by atoms with Crippen molar-refractivity contribution in [1.29, 1.82) is 0 Å². The van der Waals surface area contributed by atoms with Crippen LogP contribution in [0.2, 0.25) is 0 Å². The van der Waals surface area contributed by atoms with Crippen LogP contribution in [-0.2, 0) is 14.3 Å². The Hall–Kier alpha value is -2.50. The van der Waals surface area contributed by atoms with Gasteiger partial charge in [0.15, 0.2) is 0 Å². The Morgan fingerprint density at radius 2 is 2.12 bits per heavy atom. The van der Waals surface area contributed by atoms with Gasteiger partial charge in [0, 0.05) is 11.6 Å². The number of hydrogen-bond acceptors (Lipinski definition) is 5. The molecule has 0 aliphatic carbocycles. The zero-order valence-electron chi connectivity index (χ0n) is 7.93. The first-order chi connectivity index (χ1) is 7.75. The van der Waals surface area contributed by atoms with Gasteiger partial charge in [0.25, 0.3) is 0 Å². The van der Waals surface area contributed by atoms with Crippen molar-refractivity contribution in [2.45, 2.75) is 0 Å². The number of esters is 2. The molecular formula is C10H5N3O3. The molecule has 0 saturated heterocycles. The first-order valence-electron chi connectivity index (χ1n) is 4.54. The molecule has 0 radical (unpaired) electrons. The summed E-state index contributed by atoms with van der Waals surface area (Å²) >= 11 is 0. The van der Waals surface area contributed by atoms with E-state index < -0.39 is 11.9 Å². The normalized spacial score (nSPS) is 15.4. The zero-order valence-corrected chi connectivity index (χ0v) is 7.93. The van der Waals surface area contributed by atoms with E-state index >= 15 is 0 Å². The molecule has 16 heavy (non-hydrogen) atoms. The summed E-state index contributed by atoms with van der Waals surface area (Å²) < 4.78 is 4.42. The molecule has 1 aliphatic heterocycles. The Balaban J connectivity index is 2.27. The first-order valence-corrected chi connectivity index (χ1v) is 4.54. The molecule has 2 heterocycles. The number of carbonyl (C=O) groups is 2. The van der Waals surface area contributed by atoms with Crippen molar-refractivity contribution >= 4 is 28.5 Å². The molecule has 0 atom stereocenters. The van der Waals surface area contributed by atoms with E-state index in [1.165, 1.54) is 0 Å². The van der Waals surface area contributed by atoms with E-state index in [1.54, 1.807) is 18.2 Å². The fourth-order valence-electron chi connectivity index (χ4n) is 1.63. The third-order valence-electron chi connectivity index (χ3n) is 2.32. The highest BCUT2D eigenvalue weighted by Crippen LogP contribution is 2.26. The highest BCUT2D eigenvalue weighted by molar-refractivity contribution is 6.30. The van der Waals surface area contributed by atoms with Crippen molar-refractivity contribution in [2.75, 3.05) is 0 Å². The minimum absolute atomic E-state index is 0.213. The Bertz CT molecular complexity index is 642. The molecule has 78 valence electrons. The molecule has 0 fully saturated rings. The second-order valence-corrected chi connectivity index (χ2v) is 3.28. The van der Waals surface area contributed by atoms with Crippen molar-refractivity contribution in [1.82, 2.24) is 15.4 Å². The van der Waals surface area contributed by atoms with Crippen LogP contribution in [0.25, 0.3) is 16.6 Å². The molecule has 3 rings (SSSR count). The summed E-state index contributed by atoms with van der Waals surface area (Å²) in [6.07, 6.45) is 1.16. The topological polar surface area (TPSA) is 84.9 Å². The molecular weight excluding hydrogens is 210 g/mol. The Morgan fingerprint density at radius 3 is 2.88 bits per heavy atom. The molecule has 6 nitrogen and oxygen atoms in total. The van der Waals surface area contributed by atoms with Gasteiger partial charge in [-0.2, -0.15) is 0 Å². The number of nitrogens with one attached hydrogen (secondary N) is 1. The van der Waals surface area contributed by atoms with E-state index in [-0.39, 0.29) is 5.57 Å². The average molecular weight is 215 g/mol. The number of hydrogen-bond donors (Lipinski definition) is 1. The van der Waals surface area contributed by atoms with Gasteiger partial charge in [0.2, 0.25) is 0 Å². The second-order valence-electron chi connectivity index (χ2n) is 3.28. The largest absolute Gasteiger partial charge is 0.386 e. The van der Waals surface area contributed by atoms with Gasteiger partial charge in [0.1, 0.15) is 5.52 Å². The third kappa shape index (κ3) is 1.13. The molecule has 0 spiro atoms. The van der Waals surface area contributed by atoms with Crippen LogP contribution in [0.3, 0.4) is 0 Å². The summed E-state index contributed by atoms with van der Waals surface area (Å²) in [5, 5.41) is 10.2. The molecule has 0 unspecified atom stereocenters. The van der Waals surface area contributed by atoms with Crippen LogP contribution in [0.15, 0.2) is 24.3 Å². The van der Waals surface area contributed by atoms with Crippen molar-refractivity contribution in [3.63, 3.8) is 0 Å². The van der Waals surface area contributed by atoms with E-state index in [2.05, 4.69) is 20.1 Å². The van der Waals surface area contributed by atoms with Gasteiger partial charge in [0.05, 0.1) is 11.1 Å². The first kappa shape index (κ1) is 8.78. The maximum Gasteiger partial charge on any atom is 0.346 e. The Labute approximate surface area is 88.9 Å². The van der Waals surface area contributed by atoms with Gasteiger partial charge in [-0.1, -0.05) is 17.3 Å².